The zero-order valence-electron chi connectivity index (χ0n) is 11.9. The quantitative estimate of drug-likeness (QED) is 0.854. The van der Waals surface area contributed by atoms with Crippen LogP contribution in [-0.4, -0.2) is 14.9 Å². The lowest BCUT2D eigenvalue weighted by Gasteiger charge is -2.14. The first kappa shape index (κ1) is 13.3. The van der Waals surface area contributed by atoms with Crippen LogP contribution < -0.4 is 5.56 Å². The average molecular weight is 258 g/mol. The zero-order valence-corrected chi connectivity index (χ0v) is 11.9. The Labute approximate surface area is 112 Å². The van der Waals surface area contributed by atoms with Gasteiger partial charge in [-0.1, -0.05) is 17.7 Å². The second-order valence-corrected chi connectivity index (χ2v) is 5.01. The fourth-order valence-corrected chi connectivity index (χ4v) is 2.56. The van der Waals surface area contributed by atoms with Gasteiger partial charge in [0.25, 0.3) is 5.56 Å². The first-order valence-corrected chi connectivity index (χ1v) is 6.18. The summed E-state index contributed by atoms with van der Waals surface area (Å²) in [6.45, 7) is 7.60. The van der Waals surface area contributed by atoms with Crippen LogP contribution in [0, 0.1) is 27.7 Å². The molecule has 2 rings (SSSR count). The molecule has 0 aliphatic rings. The minimum atomic E-state index is -0.279. The van der Waals surface area contributed by atoms with Crippen LogP contribution in [0.1, 0.15) is 22.4 Å². The Hall–Kier alpha value is -2.10. The van der Waals surface area contributed by atoms with Crippen LogP contribution in [0.3, 0.4) is 0 Å². The van der Waals surface area contributed by atoms with Crippen molar-refractivity contribution in [1.82, 2.24) is 9.78 Å². The van der Waals surface area contributed by atoms with Gasteiger partial charge in [0.2, 0.25) is 0 Å². The van der Waals surface area contributed by atoms with E-state index in [1.165, 1.54) is 4.68 Å². The van der Waals surface area contributed by atoms with Crippen LogP contribution in [0.2, 0.25) is 0 Å². The third-order valence-electron chi connectivity index (χ3n) is 3.31. The molecule has 0 aliphatic carbocycles. The van der Waals surface area contributed by atoms with E-state index >= 15 is 0 Å². The van der Waals surface area contributed by atoms with Gasteiger partial charge >= 0.3 is 0 Å². The number of aromatic nitrogens is 2. The molecular weight excluding hydrogens is 240 g/mol. The molecule has 0 atom stereocenters. The summed E-state index contributed by atoms with van der Waals surface area (Å²) in [7, 11) is 1.59. The molecule has 0 radical (unpaired) electrons. The summed E-state index contributed by atoms with van der Waals surface area (Å²) < 4.78 is 1.27. The molecule has 100 valence electrons. The highest BCUT2D eigenvalue weighted by atomic mass is 16.3. The summed E-state index contributed by atoms with van der Waals surface area (Å²) in [5, 5.41) is 14.2. The van der Waals surface area contributed by atoms with Crippen molar-refractivity contribution in [3.63, 3.8) is 0 Å². The van der Waals surface area contributed by atoms with E-state index in [1.54, 1.807) is 14.0 Å². The third kappa shape index (κ3) is 2.14. The zero-order chi connectivity index (χ0) is 14.3. The van der Waals surface area contributed by atoms with Crippen LogP contribution in [-0.2, 0) is 7.05 Å². The molecule has 0 fully saturated rings. The number of aryl methyl sites for hydroxylation is 5. The molecule has 1 heterocycles. The van der Waals surface area contributed by atoms with Crippen molar-refractivity contribution < 1.29 is 5.11 Å². The van der Waals surface area contributed by atoms with Crippen molar-refractivity contribution in [2.24, 2.45) is 7.05 Å². The summed E-state index contributed by atoms with van der Waals surface area (Å²) in [4.78, 5) is 12.3. The summed E-state index contributed by atoms with van der Waals surface area (Å²) >= 11 is 0. The van der Waals surface area contributed by atoms with Gasteiger partial charge in [0.15, 0.2) is 5.75 Å². The standard InChI is InChI=1S/C15H18N2O2/c1-8-6-9(2)12(10(3)7-8)13-14(18)11(4)16-17(5)15(13)19/h6-7,18H,1-5H3. The SMILES string of the molecule is Cc1cc(C)c(-c2c(O)c(C)nn(C)c2=O)c(C)c1. The number of hydrogen-bond acceptors (Lipinski definition) is 3. The molecule has 4 nitrogen and oxygen atoms in total. The molecule has 0 aliphatic heterocycles. The predicted molar refractivity (Wildman–Crippen MR) is 75.5 cm³/mol. The predicted octanol–water partition coefficient (Wildman–Crippen LogP) is 2.39. The first-order valence-electron chi connectivity index (χ1n) is 6.18. The van der Waals surface area contributed by atoms with Crippen molar-refractivity contribution in [2.45, 2.75) is 27.7 Å². The van der Waals surface area contributed by atoms with Gasteiger partial charge in [-0.15, -0.1) is 0 Å². The molecule has 0 unspecified atom stereocenters. The second-order valence-electron chi connectivity index (χ2n) is 5.01. The van der Waals surface area contributed by atoms with E-state index in [0.717, 1.165) is 22.3 Å². The molecule has 2 aromatic rings. The largest absolute Gasteiger partial charge is 0.505 e. The maximum atomic E-state index is 12.3. The third-order valence-corrected chi connectivity index (χ3v) is 3.31. The van der Waals surface area contributed by atoms with Crippen molar-refractivity contribution in [3.05, 3.63) is 44.9 Å². The van der Waals surface area contributed by atoms with Crippen LogP contribution in [0.25, 0.3) is 11.1 Å². The Morgan fingerprint density at radius 3 is 2.11 bits per heavy atom. The molecule has 0 bridgehead atoms. The topological polar surface area (TPSA) is 55.1 Å². The van der Waals surface area contributed by atoms with E-state index in [2.05, 4.69) is 5.10 Å². The highest BCUT2D eigenvalue weighted by molar-refractivity contribution is 5.76. The van der Waals surface area contributed by atoms with Crippen molar-refractivity contribution in [2.75, 3.05) is 0 Å². The van der Waals surface area contributed by atoms with E-state index < -0.39 is 0 Å². The first-order chi connectivity index (χ1) is 8.82. The monoisotopic (exact) mass is 258 g/mol. The maximum Gasteiger partial charge on any atom is 0.278 e. The molecule has 0 saturated heterocycles. The van der Waals surface area contributed by atoms with E-state index in [9.17, 15) is 9.90 Å². The van der Waals surface area contributed by atoms with Gasteiger partial charge in [-0.05, 0) is 44.4 Å². The molecule has 1 aromatic carbocycles. The number of benzene rings is 1. The molecular formula is C15H18N2O2. The van der Waals surface area contributed by atoms with Crippen LogP contribution >= 0.6 is 0 Å². The number of aromatic hydroxyl groups is 1. The Kier molecular flexibility index (Phi) is 3.18. The van der Waals surface area contributed by atoms with Gasteiger partial charge in [-0.25, -0.2) is 4.68 Å². The van der Waals surface area contributed by atoms with Crippen LogP contribution in [0.15, 0.2) is 16.9 Å². The smallest absolute Gasteiger partial charge is 0.278 e. The number of nitrogens with zero attached hydrogens (tertiary/aromatic N) is 2. The van der Waals surface area contributed by atoms with E-state index in [1.807, 2.05) is 32.9 Å². The lowest BCUT2D eigenvalue weighted by molar-refractivity contribution is 0.460. The Balaban J connectivity index is 2.91. The Morgan fingerprint density at radius 1 is 1.05 bits per heavy atom. The van der Waals surface area contributed by atoms with Gasteiger partial charge in [0, 0.05) is 7.05 Å². The lowest BCUT2D eigenvalue weighted by atomic mass is 9.94. The highest BCUT2D eigenvalue weighted by Crippen LogP contribution is 2.32. The van der Waals surface area contributed by atoms with Crippen molar-refractivity contribution >= 4 is 0 Å². The van der Waals surface area contributed by atoms with Crippen LogP contribution in [0.4, 0.5) is 0 Å². The van der Waals surface area contributed by atoms with Gasteiger partial charge in [0.05, 0.1) is 5.56 Å². The molecule has 0 amide bonds. The minimum Gasteiger partial charge on any atom is -0.505 e. The molecule has 4 heteroatoms. The van der Waals surface area contributed by atoms with Crippen molar-refractivity contribution in [1.29, 1.82) is 0 Å². The molecule has 1 N–H and O–H groups in total. The summed E-state index contributed by atoms with van der Waals surface area (Å²) in [5.74, 6) is -0.0295. The van der Waals surface area contributed by atoms with Crippen LogP contribution in [0.5, 0.6) is 5.75 Å². The molecule has 0 saturated carbocycles. The Morgan fingerprint density at radius 2 is 1.58 bits per heavy atom. The maximum absolute atomic E-state index is 12.3. The second kappa shape index (κ2) is 4.53. The molecule has 0 spiro atoms. The number of rotatable bonds is 1. The van der Waals surface area contributed by atoms with Gasteiger partial charge in [0.1, 0.15) is 5.69 Å². The average Bonchev–Trinajstić information content (AvgIpc) is 2.30. The lowest BCUT2D eigenvalue weighted by Crippen LogP contribution is -2.22. The summed E-state index contributed by atoms with van der Waals surface area (Å²) in [6, 6.07) is 4.02. The van der Waals surface area contributed by atoms with E-state index in [-0.39, 0.29) is 11.3 Å². The minimum absolute atomic E-state index is 0.0295. The Bertz CT molecular complexity index is 692. The van der Waals surface area contributed by atoms with E-state index in [4.69, 9.17) is 0 Å². The van der Waals surface area contributed by atoms with Gasteiger partial charge in [-0.2, -0.15) is 5.10 Å². The summed E-state index contributed by atoms with van der Waals surface area (Å²) in [6.07, 6.45) is 0. The molecule has 19 heavy (non-hydrogen) atoms. The fourth-order valence-electron chi connectivity index (χ4n) is 2.56. The van der Waals surface area contributed by atoms with Gasteiger partial charge in [-0.3, -0.25) is 4.79 Å². The van der Waals surface area contributed by atoms with Crippen molar-refractivity contribution in [3.8, 4) is 16.9 Å². The highest BCUT2D eigenvalue weighted by Gasteiger charge is 2.18. The number of hydrogen-bond donors (Lipinski definition) is 1. The normalized spacial score (nSPS) is 10.8. The molecule has 1 aromatic heterocycles. The van der Waals surface area contributed by atoms with Gasteiger partial charge < -0.3 is 5.11 Å². The fraction of sp³-hybridized carbons (Fsp3) is 0.333. The van der Waals surface area contributed by atoms with E-state index in [0.29, 0.717) is 11.3 Å². The summed E-state index contributed by atoms with van der Waals surface area (Å²) in [5.41, 5.74) is 4.42.